The fourth-order valence-corrected chi connectivity index (χ4v) is 7.96. The first-order valence-corrected chi connectivity index (χ1v) is 15.3. The van der Waals surface area contributed by atoms with E-state index in [9.17, 15) is 8.42 Å². The molecular formula is C29H32N4O2S2. The van der Waals surface area contributed by atoms with Gasteiger partial charge in [-0.1, -0.05) is 30.4 Å². The Morgan fingerprint density at radius 2 is 1.76 bits per heavy atom. The van der Waals surface area contributed by atoms with Crippen molar-refractivity contribution in [3.05, 3.63) is 76.9 Å². The molecule has 2 fully saturated rings. The van der Waals surface area contributed by atoms with E-state index in [0.29, 0.717) is 17.5 Å². The molecule has 0 N–H and O–H groups in total. The standard InChI is InChI=1S/C29H32N4O2S2/c1-20-8-10-21(11-9-20)23-16-25-26(27-19-36-29(31-27)22-12-14-32(2)15-13-22)18-33(28(25)30-17-23)37(34,35)24-6-4-3-5-7-24/h3-7,16-19,21-22H,1,8-15H2,2H3. The second-order valence-electron chi connectivity index (χ2n) is 10.5. The number of rotatable bonds is 5. The number of aromatic nitrogens is 3. The molecule has 1 aliphatic carbocycles. The fraction of sp³-hybridized carbons (Fsp3) is 0.379. The average Bonchev–Trinajstić information content (AvgIpc) is 3.55. The van der Waals surface area contributed by atoms with Gasteiger partial charge in [-0.05, 0) is 88.3 Å². The monoisotopic (exact) mass is 532 g/mol. The first kappa shape index (κ1) is 24.5. The van der Waals surface area contributed by atoms with Gasteiger partial charge in [0.15, 0.2) is 5.65 Å². The largest absolute Gasteiger partial charge is 0.306 e. The van der Waals surface area contributed by atoms with Gasteiger partial charge in [-0.15, -0.1) is 11.3 Å². The van der Waals surface area contributed by atoms with Crippen molar-refractivity contribution in [1.29, 1.82) is 0 Å². The van der Waals surface area contributed by atoms with Crippen LogP contribution < -0.4 is 0 Å². The van der Waals surface area contributed by atoms with Crippen molar-refractivity contribution < 1.29 is 8.42 Å². The van der Waals surface area contributed by atoms with Gasteiger partial charge >= 0.3 is 0 Å². The van der Waals surface area contributed by atoms with Crippen LogP contribution in [0.25, 0.3) is 22.3 Å². The highest BCUT2D eigenvalue weighted by Crippen LogP contribution is 2.40. The lowest BCUT2D eigenvalue weighted by Crippen LogP contribution is -2.29. The lowest BCUT2D eigenvalue weighted by Gasteiger charge is -2.27. The van der Waals surface area contributed by atoms with Gasteiger partial charge in [-0.3, -0.25) is 0 Å². The minimum atomic E-state index is -3.80. The molecule has 0 radical (unpaired) electrons. The van der Waals surface area contributed by atoms with Crippen molar-refractivity contribution in [1.82, 2.24) is 18.8 Å². The molecule has 4 aromatic rings. The highest BCUT2D eigenvalue weighted by molar-refractivity contribution is 7.90. The molecule has 1 saturated heterocycles. The first-order chi connectivity index (χ1) is 17.9. The van der Waals surface area contributed by atoms with Crippen LogP contribution in [-0.2, 0) is 10.0 Å². The van der Waals surface area contributed by atoms with Gasteiger partial charge in [0, 0.05) is 34.6 Å². The molecular weight excluding hydrogens is 500 g/mol. The summed E-state index contributed by atoms with van der Waals surface area (Å²) in [6.07, 6.45) is 9.98. The van der Waals surface area contributed by atoms with E-state index in [0.717, 1.165) is 73.3 Å². The zero-order valence-corrected chi connectivity index (χ0v) is 22.8. The van der Waals surface area contributed by atoms with Crippen molar-refractivity contribution in [2.24, 2.45) is 0 Å². The Bertz CT molecular complexity index is 1540. The Labute approximate surface area is 222 Å². The zero-order valence-electron chi connectivity index (χ0n) is 21.1. The van der Waals surface area contributed by atoms with Crippen molar-refractivity contribution in [3.63, 3.8) is 0 Å². The molecule has 1 saturated carbocycles. The van der Waals surface area contributed by atoms with E-state index in [4.69, 9.17) is 9.97 Å². The van der Waals surface area contributed by atoms with Gasteiger partial charge in [0.1, 0.15) is 0 Å². The lowest BCUT2D eigenvalue weighted by atomic mass is 9.82. The summed E-state index contributed by atoms with van der Waals surface area (Å²) in [5, 5.41) is 4.07. The van der Waals surface area contributed by atoms with E-state index in [2.05, 4.69) is 30.0 Å². The number of benzene rings is 1. The third-order valence-corrected chi connectivity index (χ3v) is 10.6. The van der Waals surface area contributed by atoms with E-state index in [1.54, 1.807) is 41.8 Å². The van der Waals surface area contributed by atoms with Gasteiger partial charge < -0.3 is 4.90 Å². The molecule has 3 aromatic heterocycles. The summed E-state index contributed by atoms with van der Waals surface area (Å²) in [5.41, 5.74) is 4.61. The summed E-state index contributed by atoms with van der Waals surface area (Å²) in [6.45, 7) is 6.31. The van der Waals surface area contributed by atoms with Crippen molar-refractivity contribution in [2.45, 2.75) is 55.3 Å². The topological polar surface area (TPSA) is 68.1 Å². The molecule has 0 amide bonds. The predicted octanol–water partition coefficient (Wildman–Crippen LogP) is 6.42. The maximum atomic E-state index is 13.7. The zero-order chi connectivity index (χ0) is 25.6. The van der Waals surface area contributed by atoms with E-state index in [1.807, 2.05) is 12.3 Å². The Hall–Kier alpha value is -2.81. The minimum absolute atomic E-state index is 0.250. The second-order valence-corrected chi connectivity index (χ2v) is 13.2. The summed E-state index contributed by atoms with van der Waals surface area (Å²) in [5.74, 6) is 0.870. The molecule has 1 aliphatic heterocycles. The smallest absolute Gasteiger partial charge is 0.269 e. The molecule has 6 rings (SSSR count). The average molecular weight is 533 g/mol. The summed E-state index contributed by atoms with van der Waals surface area (Å²) < 4.78 is 28.7. The number of likely N-dealkylation sites (tertiary alicyclic amines) is 1. The summed E-state index contributed by atoms with van der Waals surface area (Å²) >= 11 is 1.69. The van der Waals surface area contributed by atoms with E-state index in [1.165, 1.54) is 15.1 Å². The van der Waals surface area contributed by atoms with Gasteiger partial charge in [0.25, 0.3) is 10.0 Å². The Kier molecular flexibility index (Phi) is 6.51. The Morgan fingerprint density at radius 1 is 1.03 bits per heavy atom. The Balaban J connectivity index is 1.46. The van der Waals surface area contributed by atoms with Crippen molar-refractivity contribution >= 4 is 32.4 Å². The van der Waals surface area contributed by atoms with Crippen molar-refractivity contribution in [2.75, 3.05) is 20.1 Å². The molecule has 0 unspecified atom stereocenters. The number of hydrogen-bond donors (Lipinski definition) is 0. The van der Waals surface area contributed by atoms with Crippen LogP contribution in [0.1, 0.15) is 60.9 Å². The highest BCUT2D eigenvalue weighted by atomic mass is 32.2. The van der Waals surface area contributed by atoms with E-state index < -0.39 is 10.0 Å². The first-order valence-electron chi connectivity index (χ1n) is 13.0. The molecule has 0 bridgehead atoms. The van der Waals surface area contributed by atoms with Crippen LogP contribution in [0.5, 0.6) is 0 Å². The molecule has 1 aromatic carbocycles. The number of pyridine rings is 1. The molecule has 8 heteroatoms. The summed E-state index contributed by atoms with van der Waals surface area (Å²) in [4.78, 5) is 12.4. The van der Waals surface area contributed by atoms with E-state index in [-0.39, 0.29) is 4.90 Å². The van der Waals surface area contributed by atoms with Gasteiger partial charge in [0.05, 0.1) is 15.6 Å². The molecule has 192 valence electrons. The predicted molar refractivity (Wildman–Crippen MR) is 150 cm³/mol. The molecule has 6 nitrogen and oxygen atoms in total. The van der Waals surface area contributed by atoms with Crippen LogP contribution in [0, 0.1) is 0 Å². The molecule has 37 heavy (non-hydrogen) atoms. The third kappa shape index (κ3) is 4.67. The van der Waals surface area contributed by atoms with E-state index >= 15 is 0 Å². The normalized spacial score (nSPS) is 18.6. The minimum Gasteiger partial charge on any atom is -0.306 e. The van der Waals surface area contributed by atoms with Crippen LogP contribution in [0.15, 0.2) is 71.2 Å². The number of piperidine rings is 1. The Morgan fingerprint density at radius 3 is 2.49 bits per heavy atom. The van der Waals surface area contributed by atoms with Crippen LogP contribution in [0.4, 0.5) is 0 Å². The van der Waals surface area contributed by atoms with Gasteiger partial charge in [0.2, 0.25) is 0 Å². The summed E-state index contributed by atoms with van der Waals surface area (Å²) in [7, 11) is -1.64. The highest BCUT2D eigenvalue weighted by Gasteiger charge is 2.27. The van der Waals surface area contributed by atoms with Crippen LogP contribution in [0.3, 0.4) is 0 Å². The number of thiazole rings is 1. The fourth-order valence-electron chi connectivity index (χ4n) is 5.63. The van der Waals surface area contributed by atoms with Crippen LogP contribution in [0.2, 0.25) is 0 Å². The van der Waals surface area contributed by atoms with Gasteiger partial charge in [-0.2, -0.15) is 0 Å². The molecule has 2 aliphatic rings. The molecule has 0 atom stereocenters. The number of nitrogens with zero attached hydrogens (tertiary/aromatic N) is 4. The SMILES string of the molecule is C=C1CCC(c2cnc3c(c2)c(-c2csc(C4CCN(C)CC4)n2)cn3S(=O)(=O)c2ccccc2)CC1. The number of hydrogen-bond acceptors (Lipinski definition) is 6. The molecule has 0 spiro atoms. The summed E-state index contributed by atoms with van der Waals surface area (Å²) in [6, 6.07) is 10.7. The van der Waals surface area contributed by atoms with Crippen LogP contribution in [-0.4, -0.2) is 47.4 Å². The third-order valence-electron chi connectivity index (χ3n) is 7.96. The van der Waals surface area contributed by atoms with Crippen molar-refractivity contribution in [3.8, 4) is 11.3 Å². The lowest BCUT2D eigenvalue weighted by molar-refractivity contribution is 0.255. The maximum Gasteiger partial charge on any atom is 0.269 e. The maximum absolute atomic E-state index is 13.7. The number of allylic oxidation sites excluding steroid dienone is 1. The number of fused-ring (bicyclic) bond motifs is 1. The van der Waals surface area contributed by atoms with Crippen LogP contribution >= 0.6 is 11.3 Å². The molecule has 4 heterocycles. The second kappa shape index (κ2) is 9.82. The van der Waals surface area contributed by atoms with Gasteiger partial charge in [-0.25, -0.2) is 22.4 Å². The quantitative estimate of drug-likeness (QED) is 0.278.